The molecule has 1 aliphatic rings. The van der Waals surface area contributed by atoms with Crippen molar-refractivity contribution in [1.29, 1.82) is 0 Å². The van der Waals surface area contributed by atoms with Gasteiger partial charge in [0.1, 0.15) is 16.5 Å². The largest absolute Gasteiger partial charge is 0.322 e. The molecule has 5 nitrogen and oxygen atoms in total. The number of carbonyl (C=O) groups is 1. The maximum Gasteiger partial charge on any atom is 0.255 e. The molecule has 0 atom stereocenters. The monoisotopic (exact) mass is 352 g/mol. The molecule has 8 heteroatoms. The summed E-state index contributed by atoms with van der Waals surface area (Å²) in [4.78, 5) is 11.6. The lowest BCUT2D eigenvalue weighted by Crippen LogP contribution is -2.27. The van der Waals surface area contributed by atoms with Crippen LogP contribution < -0.4 is 10.0 Å². The van der Waals surface area contributed by atoms with E-state index in [9.17, 15) is 22.0 Å². The van der Waals surface area contributed by atoms with Gasteiger partial charge in [0.05, 0.1) is 0 Å². The molecule has 2 N–H and O–H groups in total. The van der Waals surface area contributed by atoms with Crippen molar-refractivity contribution >= 4 is 21.6 Å². The van der Waals surface area contributed by atoms with Gasteiger partial charge in [-0.15, -0.1) is 0 Å². The molecule has 126 valence electrons. The molecule has 0 spiro atoms. The third-order valence-electron chi connectivity index (χ3n) is 3.46. The zero-order valence-corrected chi connectivity index (χ0v) is 13.2. The van der Waals surface area contributed by atoms with E-state index < -0.39 is 32.5 Å². The lowest BCUT2D eigenvalue weighted by molar-refractivity contribution is 0.102. The summed E-state index contributed by atoms with van der Waals surface area (Å²) in [7, 11) is -4.03. The highest BCUT2D eigenvalue weighted by Crippen LogP contribution is 2.24. The Labute approximate surface area is 137 Å². The quantitative estimate of drug-likeness (QED) is 0.869. The second-order valence-electron chi connectivity index (χ2n) is 5.51. The van der Waals surface area contributed by atoms with Gasteiger partial charge >= 0.3 is 0 Å². The number of rotatable bonds is 5. The number of carbonyl (C=O) groups excluding carboxylic acids is 1. The number of nitrogens with one attached hydrogen (secondary N) is 2. The first kappa shape index (κ1) is 16.5. The third-order valence-corrected chi connectivity index (χ3v) is 5.00. The molecule has 0 heterocycles. The van der Waals surface area contributed by atoms with Crippen molar-refractivity contribution in [1.82, 2.24) is 4.72 Å². The van der Waals surface area contributed by atoms with E-state index in [1.165, 1.54) is 24.3 Å². The van der Waals surface area contributed by atoms with Crippen LogP contribution in [0.25, 0.3) is 0 Å². The predicted octanol–water partition coefficient (Wildman–Crippen LogP) is 2.66. The van der Waals surface area contributed by atoms with Crippen molar-refractivity contribution in [2.75, 3.05) is 5.32 Å². The standard InChI is InChI=1S/C16H14F2N2O3S/c17-11-2-1-3-13(9-11)19-16(21)10-4-7-14(18)15(8-10)24(22,23)20-12-5-6-12/h1-4,7-9,12,20H,5-6H2,(H,19,21). The fourth-order valence-corrected chi connectivity index (χ4v) is 3.51. The predicted molar refractivity (Wildman–Crippen MR) is 84.1 cm³/mol. The molecule has 1 amide bonds. The van der Waals surface area contributed by atoms with Crippen LogP contribution in [0.2, 0.25) is 0 Å². The van der Waals surface area contributed by atoms with Crippen LogP contribution in [0.15, 0.2) is 47.4 Å². The fraction of sp³-hybridized carbons (Fsp3) is 0.188. The second kappa shape index (κ2) is 6.29. The number of sulfonamides is 1. The van der Waals surface area contributed by atoms with Gasteiger partial charge in [0.15, 0.2) is 0 Å². The van der Waals surface area contributed by atoms with Gasteiger partial charge in [0, 0.05) is 17.3 Å². The number of halogens is 2. The maximum absolute atomic E-state index is 13.9. The van der Waals surface area contributed by atoms with Crippen molar-refractivity contribution in [2.24, 2.45) is 0 Å². The van der Waals surface area contributed by atoms with Gasteiger partial charge in [-0.05, 0) is 49.2 Å². The van der Waals surface area contributed by atoms with E-state index in [1.807, 2.05) is 0 Å². The van der Waals surface area contributed by atoms with Crippen LogP contribution in [0.1, 0.15) is 23.2 Å². The number of benzene rings is 2. The van der Waals surface area contributed by atoms with E-state index >= 15 is 0 Å². The van der Waals surface area contributed by atoms with Gasteiger partial charge in [0.25, 0.3) is 5.91 Å². The summed E-state index contributed by atoms with van der Waals surface area (Å²) in [6, 6.07) is 8.12. The first-order chi connectivity index (χ1) is 11.3. The number of hydrogen-bond donors (Lipinski definition) is 2. The van der Waals surface area contributed by atoms with E-state index in [1.54, 1.807) is 0 Å². The minimum Gasteiger partial charge on any atom is -0.322 e. The van der Waals surface area contributed by atoms with Crippen LogP contribution in [0.5, 0.6) is 0 Å². The molecule has 24 heavy (non-hydrogen) atoms. The molecule has 1 saturated carbocycles. The molecule has 1 aliphatic carbocycles. The van der Waals surface area contributed by atoms with E-state index in [2.05, 4.69) is 10.0 Å². The van der Waals surface area contributed by atoms with E-state index in [4.69, 9.17) is 0 Å². The molecule has 0 aliphatic heterocycles. The smallest absolute Gasteiger partial charge is 0.255 e. The summed E-state index contributed by atoms with van der Waals surface area (Å²) in [6.07, 6.45) is 1.42. The lowest BCUT2D eigenvalue weighted by atomic mass is 10.2. The summed E-state index contributed by atoms with van der Waals surface area (Å²) < 4.78 is 53.7. The highest BCUT2D eigenvalue weighted by molar-refractivity contribution is 7.89. The molecular weight excluding hydrogens is 338 g/mol. The van der Waals surface area contributed by atoms with Crippen molar-refractivity contribution in [3.8, 4) is 0 Å². The number of anilines is 1. The van der Waals surface area contributed by atoms with Crippen LogP contribution >= 0.6 is 0 Å². The van der Waals surface area contributed by atoms with Crippen molar-refractivity contribution in [2.45, 2.75) is 23.8 Å². The first-order valence-electron chi connectivity index (χ1n) is 7.24. The minimum atomic E-state index is -4.03. The summed E-state index contributed by atoms with van der Waals surface area (Å²) in [5, 5.41) is 2.43. The molecule has 3 rings (SSSR count). The zero-order chi connectivity index (χ0) is 17.3. The Bertz CT molecular complexity index is 896. The Morgan fingerprint density at radius 3 is 2.50 bits per heavy atom. The molecule has 2 aromatic rings. The highest BCUT2D eigenvalue weighted by Gasteiger charge is 2.30. The number of amides is 1. The summed E-state index contributed by atoms with van der Waals surface area (Å²) in [5.41, 5.74) is 0.168. The molecule has 0 radical (unpaired) electrons. The Balaban J connectivity index is 1.86. The summed E-state index contributed by atoms with van der Waals surface area (Å²) in [5.74, 6) is -2.13. The van der Waals surface area contributed by atoms with Crippen LogP contribution in [-0.4, -0.2) is 20.4 Å². The molecular formula is C16H14F2N2O3S. The van der Waals surface area contributed by atoms with Crippen LogP contribution in [-0.2, 0) is 10.0 Å². The fourth-order valence-electron chi connectivity index (χ4n) is 2.10. The van der Waals surface area contributed by atoms with Crippen molar-refractivity contribution in [3.05, 3.63) is 59.7 Å². The van der Waals surface area contributed by atoms with Gasteiger partial charge in [-0.3, -0.25) is 4.79 Å². The molecule has 0 aromatic heterocycles. The minimum absolute atomic E-state index is 0.0446. The van der Waals surface area contributed by atoms with Gasteiger partial charge in [-0.25, -0.2) is 21.9 Å². The molecule has 2 aromatic carbocycles. The Morgan fingerprint density at radius 2 is 1.83 bits per heavy atom. The Kier molecular flexibility index (Phi) is 4.33. The summed E-state index contributed by atoms with van der Waals surface area (Å²) >= 11 is 0. The molecule has 0 bridgehead atoms. The summed E-state index contributed by atoms with van der Waals surface area (Å²) in [6.45, 7) is 0. The first-order valence-corrected chi connectivity index (χ1v) is 8.72. The van der Waals surface area contributed by atoms with Gasteiger partial charge < -0.3 is 5.32 Å². The van der Waals surface area contributed by atoms with Gasteiger partial charge in [0.2, 0.25) is 10.0 Å². The Morgan fingerprint density at radius 1 is 1.08 bits per heavy atom. The molecule has 0 unspecified atom stereocenters. The van der Waals surface area contributed by atoms with Gasteiger partial charge in [-0.1, -0.05) is 6.07 Å². The van der Waals surface area contributed by atoms with Crippen LogP contribution in [0.4, 0.5) is 14.5 Å². The normalized spacial score (nSPS) is 14.4. The average molecular weight is 352 g/mol. The van der Waals surface area contributed by atoms with Crippen LogP contribution in [0.3, 0.4) is 0 Å². The van der Waals surface area contributed by atoms with Gasteiger partial charge in [-0.2, -0.15) is 0 Å². The number of hydrogen-bond acceptors (Lipinski definition) is 3. The van der Waals surface area contributed by atoms with Crippen molar-refractivity contribution < 1.29 is 22.0 Å². The van der Waals surface area contributed by atoms with E-state index in [-0.39, 0.29) is 17.3 Å². The lowest BCUT2D eigenvalue weighted by Gasteiger charge is -2.09. The van der Waals surface area contributed by atoms with E-state index in [0.29, 0.717) is 12.8 Å². The van der Waals surface area contributed by atoms with Crippen molar-refractivity contribution in [3.63, 3.8) is 0 Å². The van der Waals surface area contributed by atoms with Crippen LogP contribution in [0, 0.1) is 11.6 Å². The highest BCUT2D eigenvalue weighted by atomic mass is 32.2. The molecule has 1 fully saturated rings. The second-order valence-corrected chi connectivity index (χ2v) is 7.19. The average Bonchev–Trinajstić information content (AvgIpc) is 3.30. The molecule has 0 saturated heterocycles. The zero-order valence-electron chi connectivity index (χ0n) is 12.4. The SMILES string of the molecule is O=C(Nc1cccc(F)c1)c1ccc(F)c(S(=O)(=O)NC2CC2)c1. The Hall–Kier alpha value is -2.32. The topological polar surface area (TPSA) is 75.3 Å². The maximum atomic E-state index is 13.9. The van der Waals surface area contributed by atoms with E-state index in [0.717, 1.165) is 18.2 Å². The third kappa shape index (κ3) is 3.77.